The van der Waals surface area contributed by atoms with Gasteiger partial charge in [0.05, 0.1) is 12.7 Å². The second kappa shape index (κ2) is 6.00. The molecule has 0 aromatic rings. The molecule has 20 heavy (non-hydrogen) atoms. The molecule has 0 aliphatic carbocycles. The van der Waals surface area contributed by atoms with Crippen LogP contribution < -0.4 is 0 Å². The Kier molecular flexibility index (Phi) is 4.72. The summed E-state index contributed by atoms with van der Waals surface area (Å²) in [6, 6.07) is 0.529. The summed E-state index contributed by atoms with van der Waals surface area (Å²) in [4.78, 5) is 14.6. The van der Waals surface area contributed by atoms with Gasteiger partial charge in [-0.15, -0.1) is 0 Å². The highest BCUT2D eigenvalue weighted by Gasteiger charge is 2.46. The predicted octanol–water partition coefficient (Wildman–Crippen LogP) is 0.782. The van der Waals surface area contributed by atoms with Gasteiger partial charge < -0.3 is 14.9 Å². The molecule has 2 saturated heterocycles. The molecule has 0 aromatic heterocycles. The van der Waals surface area contributed by atoms with Crippen molar-refractivity contribution in [3.8, 4) is 0 Å². The number of fused-ring (bicyclic) bond motifs is 1. The van der Waals surface area contributed by atoms with E-state index in [0.717, 1.165) is 19.5 Å². The number of hydrogen-bond donors (Lipinski definition) is 2. The number of hydrogen-bond acceptors (Lipinski definition) is 5. The van der Waals surface area contributed by atoms with Gasteiger partial charge in [-0.05, 0) is 45.2 Å². The van der Waals surface area contributed by atoms with Crippen molar-refractivity contribution in [1.82, 2.24) is 4.90 Å². The molecule has 2 N–H and O–H groups in total. The second-order valence-corrected chi connectivity index (χ2v) is 6.55. The fourth-order valence-electron chi connectivity index (χ4n) is 3.57. The standard InChI is InChI=1S/C15H27NO4/c1-10(2)15(19,11(3)17)14(18)20-9-12-6-8-16-7-4-5-13(12)16/h10-13,17,19H,4-9H2,1-3H3/t11-,12+,13+,15-/m0/s1. The highest BCUT2D eigenvalue weighted by atomic mass is 16.6. The maximum Gasteiger partial charge on any atom is 0.341 e. The Morgan fingerprint density at radius 3 is 2.65 bits per heavy atom. The lowest BCUT2D eigenvalue weighted by atomic mass is 9.85. The van der Waals surface area contributed by atoms with Gasteiger partial charge in [0.25, 0.3) is 0 Å². The lowest BCUT2D eigenvalue weighted by molar-refractivity contribution is -0.186. The molecule has 116 valence electrons. The van der Waals surface area contributed by atoms with Crippen LogP contribution in [-0.2, 0) is 9.53 Å². The molecule has 0 aromatic carbocycles. The van der Waals surface area contributed by atoms with E-state index >= 15 is 0 Å². The van der Waals surface area contributed by atoms with Gasteiger partial charge in [-0.3, -0.25) is 4.90 Å². The van der Waals surface area contributed by atoms with E-state index in [1.165, 1.54) is 19.8 Å². The smallest absolute Gasteiger partial charge is 0.341 e. The maximum absolute atomic E-state index is 12.2. The first kappa shape index (κ1) is 15.7. The van der Waals surface area contributed by atoms with E-state index in [1.54, 1.807) is 13.8 Å². The van der Waals surface area contributed by atoms with Gasteiger partial charge in [-0.1, -0.05) is 13.8 Å². The molecule has 2 fully saturated rings. The van der Waals surface area contributed by atoms with Crippen LogP contribution in [0, 0.1) is 11.8 Å². The molecule has 4 atom stereocenters. The number of rotatable bonds is 5. The topological polar surface area (TPSA) is 70.0 Å². The van der Waals surface area contributed by atoms with E-state index < -0.39 is 17.7 Å². The third-order valence-corrected chi connectivity index (χ3v) is 5.02. The molecule has 0 spiro atoms. The fraction of sp³-hybridized carbons (Fsp3) is 0.933. The third kappa shape index (κ3) is 2.71. The molecular formula is C15H27NO4. The molecular weight excluding hydrogens is 258 g/mol. The van der Waals surface area contributed by atoms with Crippen LogP contribution in [0.1, 0.15) is 40.0 Å². The summed E-state index contributed by atoms with van der Waals surface area (Å²) in [7, 11) is 0. The largest absolute Gasteiger partial charge is 0.463 e. The highest BCUT2D eigenvalue weighted by Crippen LogP contribution is 2.33. The van der Waals surface area contributed by atoms with E-state index in [0.29, 0.717) is 18.6 Å². The van der Waals surface area contributed by atoms with Crippen molar-refractivity contribution in [2.75, 3.05) is 19.7 Å². The summed E-state index contributed by atoms with van der Waals surface area (Å²) in [5.74, 6) is -0.715. The summed E-state index contributed by atoms with van der Waals surface area (Å²) >= 11 is 0. The van der Waals surface area contributed by atoms with Crippen LogP contribution in [0.25, 0.3) is 0 Å². The Labute approximate surface area is 120 Å². The lowest BCUT2D eigenvalue weighted by Gasteiger charge is -2.33. The van der Waals surface area contributed by atoms with Crippen LogP contribution in [0.15, 0.2) is 0 Å². The third-order valence-electron chi connectivity index (χ3n) is 5.02. The average Bonchev–Trinajstić information content (AvgIpc) is 2.97. The first-order valence-electron chi connectivity index (χ1n) is 7.69. The number of carbonyl (C=O) groups is 1. The zero-order chi connectivity index (χ0) is 14.9. The normalized spacial score (nSPS) is 31.1. The first-order chi connectivity index (χ1) is 9.37. The van der Waals surface area contributed by atoms with Crippen molar-refractivity contribution >= 4 is 5.97 Å². The van der Waals surface area contributed by atoms with Gasteiger partial charge in [0.1, 0.15) is 0 Å². The summed E-state index contributed by atoms with van der Waals surface area (Å²) in [5, 5.41) is 20.1. The molecule has 0 radical (unpaired) electrons. The molecule has 0 unspecified atom stereocenters. The van der Waals surface area contributed by atoms with Gasteiger partial charge in [0.2, 0.25) is 0 Å². The van der Waals surface area contributed by atoms with Crippen molar-refractivity contribution in [2.45, 2.75) is 57.8 Å². The second-order valence-electron chi connectivity index (χ2n) is 6.55. The van der Waals surface area contributed by atoms with Gasteiger partial charge >= 0.3 is 5.97 Å². The van der Waals surface area contributed by atoms with Crippen LogP contribution in [0.4, 0.5) is 0 Å². The quantitative estimate of drug-likeness (QED) is 0.731. The summed E-state index contributed by atoms with van der Waals surface area (Å²) < 4.78 is 5.35. The van der Waals surface area contributed by atoms with E-state index in [1.807, 2.05) is 0 Å². The number of nitrogens with zero attached hydrogens (tertiary/aromatic N) is 1. The van der Waals surface area contributed by atoms with Gasteiger partial charge in [-0.25, -0.2) is 4.79 Å². The Morgan fingerprint density at radius 1 is 1.35 bits per heavy atom. The molecule has 0 bridgehead atoms. The van der Waals surface area contributed by atoms with Crippen molar-refractivity contribution in [3.05, 3.63) is 0 Å². The lowest BCUT2D eigenvalue weighted by Crippen LogP contribution is -2.53. The van der Waals surface area contributed by atoms with Crippen molar-refractivity contribution in [2.24, 2.45) is 11.8 Å². The number of aliphatic hydroxyl groups is 2. The predicted molar refractivity (Wildman–Crippen MR) is 75.1 cm³/mol. The Bertz CT molecular complexity index is 348. The highest BCUT2D eigenvalue weighted by molar-refractivity contribution is 5.80. The summed E-state index contributed by atoms with van der Waals surface area (Å²) in [5.41, 5.74) is -1.81. The monoisotopic (exact) mass is 285 g/mol. The van der Waals surface area contributed by atoms with Crippen molar-refractivity contribution in [1.29, 1.82) is 0 Å². The number of ether oxygens (including phenoxy) is 1. The Balaban J connectivity index is 1.91. The van der Waals surface area contributed by atoms with E-state index in [2.05, 4.69) is 4.90 Å². The van der Waals surface area contributed by atoms with Crippen LogP contribution >= 0.6 is 0 Å². The Hall–Kier alpha value is -0.650. The van der Waals surface area contributed by atoms with Gasteiger partial charge in [0.15, 0.2) is 5.60 Å². The SMILES string of the molecule is CC(C)[C@@](O)(C(=O)OC[C@H]1CCN2CCC[C@H]12)[C@H](C)O. The fourth-order valence-corrected chi connectivity index (χ4v) is 3.57. The summed E-state index contributed by atoms with van der Waals surface area (Å²) in [6.45, 7) is 7.43. The molecule has 2 heterocycles. The van der Waals surface area contributed by atoms with Gasteiger partial charge in [0, 0.05) is 12.0 Å². The molecule has 2 rings (SSSR count). The van der Waals surface area contributed by atoms with Crippen LogP contribution in [0.2, 0.25) is 0 Å². The number of esters is 1. The maximum atomic E-state index is 12.2. The first-order valence-corrected chi connectivity index (χ1v) is 7.69. The van der Waals surface area contributed by atoms with E-state index in [-0.39, 0.29) is 5.92 Å². The zero-order valence-corrected chi connectivity index (χ0v) is 12.7. The molecule has 0 amide bonds. The van der Waals surface area contributed by atoms with Crippen LogP contribution in [-0.4, -0.2) is 58.5 Å². The van der Waals surface area contributed by atoms with E-state index in [4.69, 9.17) is 4.74 Å². The van der Waals surface area contributed by atoms with E-state index in [9.17, 15) is 15.0 Å². The van der Waals surface area contributed by atoms with Crippen LogP contribution in [0.3, 0.4) is 0 Å². The molecule has 2 aliphatic heterocycles. The zero-order valence-electron chi connectivity index (χ0n) is 12.7. The van der Waals surface area contributed by atoms with Gasteiger partial charge in [-0.2, -0.15) is 0 Å². The minimum Gasteiger partial charge on any atom is -0.463 e. The average molecular weight is 285 g/mol. The molecule has 2 aliphatic rings. The molecule has 5 heteroatoms. The van der Waals surface area contributed by atoms with Crippen LogP contribution in [0.5, 0.6) is 0 Å². The minimum absolute atomic E-state index is 0.349. The molecule has 5 nitrogen and oxygen atoms in total. The molecule has 0 saturated carbocycles. The minimum atomic E-state index is -1.81. The van der Waals surface area contributed by atoms with Crippen molar-refractivity contribution in [3.63, 3.8) is 0 Å². The summed E-state index contributed by atoms with van der Waals surface area (Å²) in [6.07, 6.45) is 2.31. The number of aliphatic hydroxyl groups excluding tert-OH is 1. The number of carbonyl (C=O) groups excluding carboxylic acids is 1. The Morgan fingerprint density at radius 2 is 2.05 bits per heavy atom. The van der Waals surface area contributed by atoms with Crippen molar-refractivity contribution < 1.29 is 19.7 Å².